The Bertz CT molecular complexity index is 750. The van der Waals surface area contributed by atoms with Gasteiger partial charge in [0.2, 0.25) is 5.91 Å². The van der Waals surface area contributed by atoms with Crippen LogP contribution >= 0.6 is 11.3 Å². The second-order valence-corrected chi connectivity index (χ2v) is 5.24. The Hall–Kier alpha value is -2.67. The molecule has 0 unspecified atom stereocenters. The van der Waals surface area contributed by atoms with Crippen molar-refractivity contribution < 1.29 is 9.59 Å². The number of thiazole rings is 1. The van der Waals surface area contributed by atoms with Crippen molar-refractivity contribution in [2.24, 2.45) is 0 Å². The number of nitrogens with one attached hydrogen (secondary N) is 2. The number of nitrogens with zero attached hydrogens (tertiary/aromatic N) is 2. The summed E-state index contributed by atoms with van der Waals surface area (Å²) in [5.41, 5.74) is 5.90. The Morgan fingerprint density at radius 3 is 2.76 bits per heavy atom. The first-order chi connectivity index (χ1) is 10.2. The molecule has 0 saturated carbocycles. The van der Waals surface area contributed by atoms with Crippen molar-refractivity contribution in [2.45, 2.75) is 6.42 Å². The Morgan fingerprint density at radius 2 is 2.00 bits per heavy atom. The third-order valence-electron chi connectivity index (χ3n) is 2.84. The maximum atomic E-state index is 11.8. The van der Waals surface area contributed by atoms with Gasteiger partial charge in [-0.3, -0.25) is 24.8 Å². The van der Waals surface area contributed by atoms with E-state index in [1.165, 1.54) is 11.3 Å². The summed E-state index contributed by atoms with van der Waals surface area (Å²) < 4.78 is 1.86. The van der Waals surface area contributed by atoms with Crippen LogP contribution in [0.2, 0.25) is 0 Å². The van der Waals surface area contributed by atoms with E-state index in [0.717, 1.165) is 4.96 Å². The molecule has 7 heteroatoms. The second kappa shape index (κ2) is 5.76. The van der Waals surface area contributed by atoms with Gasteiger partial charge in [0, 0.05) is 23.3 Å². The summed E-state index contributed by atoms with van der Waals surface area (Å²) in [6, 6.07) is 8.68. The van der Waals surface area contributed by atoms with Crippen molar-refractivity contribution >= 4 is 28.1 Å². The zero-order valence-electron chi connectivity index (χ0n) is 10.9. The molecule has 1 aromatic carbocycles. The second-order valence-electron chi connectivity index (χ2n) is 4.37. The maximum absolute atomic E-state index is 11.8. The number of imidazole rings is 1. The predicted molar refractivity (Wildman–Crippen MR) is 78.8 cm³/mol. The van der Waals surface area contributed by atoms with E-state index in [-0.39, 0.29) is 18.2 Å². The molecule has 3 rings (SSSR count). The van der Waals surface area contributed by atoms with E-state index in [4.69, 9.17) is 0 Å². The first kappa shape index (κ1) is 13.3. The Balaban J connectivity index is 1.55. The van der Waals surface area contributed by atoms with Gasteiger partial charge in [-0.05, 0) is 12.1 Å². The first-order valence-electron chi connectivity index (χ1n) is 6.28. The molecular formula is C14H12N4O2S. The van der Waals surface area contributed by atoms with E-state index in [1.54, 1.807) is 30.5 Å². The van der Waals surface area contributed by atoms with Gasteiger partial charge < -0.3 is 0 Å². The molecule has 2 aromatic heterocycles. The summed E-state index contributed by atoms with van der Waals surface area (Å²) in [6.07, 6.45) is 3.79. The number of hydrazine groups is 1. The van der Waals surface area contributed by atoms with E-state index in [0.29, 0.717) is 11.3 Å². The van der Waals surface area contributed by atoms with Gasteiger partial charge in [-0.25, -0.2) is 4.98 Å². The maximum Gasteiger partial charge on any atom is 0.269 e. The highest BCUT2D eigenvalue weighted by Gasteiger charge is 2.10. The van der Waals surface area contributed by atoms with Crippen LogP contribution in [-0.4, -0.2) is 21.2 Å². The van der Waals surface area contributed by atoms with Crippen LogP contribution in [0, 0.1) is 0 Å². The van der Waals surface area contributed by atoms with Gasteiger partial charge in [0.1, 0.15) is 0 Å². The van der Waals surface area contributed by atoms with Crippen molar-refractivity contribution in [2.75, 3.05) is 0 Å². The average Bonchev–Trinajstić information content (AvgIpc) is 3.07. The molecule has 0 aliphatic carbocycles. The zero-order valence-corrected chi connectivity index (χ0v) is 11.8. The molecule has 0 saturated heterocycles. The van der Waals surface area contributed by atoms with Gasteiger partial charge in [-0.15, -0.1) is 11.3 Å². The van der Waals surface area contributed by atoms with Crippen LogP contribution in [0.5, 0.6) is 0 Å². The summed E-state index contributed by atoms with van der Waals surface area (Å²) in [7, 11) is 0. The average molecular weight is 300 g/mol. The SMILES string of the molecule is O=C(Cc1cn2ccsc2n1)NNC(=O)c1ccccc1. The van der Waals surface area contributed by atoms with E-state index >= 15 is 0 Å². The Morgan fingerprint density at radius 1 is 1.19 bits per heavy atom. The molecule has 2 amide bonds. The fraction of sp³-hybridized carbons (Fsp3) is 0.0714. The lowest BCUT2D eigenvalue weighted by Gasteiger charge is -2.06. The van der Waals surface area contributed by atoms with Crippen LogP contribution in [0.25, 0.3) is 4.96 Å². The number of rotatable bonds is 3. The van der Waals surface area contributed by atoms with Gasteiger partial charge in [0.25, 0.3) is 5.91 Å². The summed E-state index contributed by atoms with van der Waals surface area (Å²) in [5, 5.41) is 1.92. The van der Waals surface area contributed by atoms with Gasteiger partial charge in [0.15, 0.2) is 4.96 Å². The minimum Gasteiger partial charge on any atom is -0.297 e. The molecule has 0 fully saturated rings. The predicted octanol–water partition coefficient (Wildman–Crippen LogP) is 1.40. The lowest BCUT2D eigenvalue weighted by molar-refractivity contribution is -0.121. The first-order valence-corrected chi connectivity index (χ1v) is 7.15. The smallest absolute Gasteiger partial charge is 0.269 e. The minimum atomic E-state index is -0.352. The topological polar surface area (TPSA) is 75.5 Å². The summed E-state index contributed by atoms with van der Waals surface area (Å²) in [6.45, 7) is 0. The molecule has 0 aliphatic rings. The number of carbonyl (C=O) groups excluding carboxylic acids is 2. The molecule has 106 valence electrons. The van der Waals surface area contributed by atoms with E-state index in [2.05, 4.69) is 15.8 Å². The largest absolute Gasteiger partial charge is 0.297 e. The highest BCUT2D eigenvalue weighted by Crippen LogP contribution is 2.11. The van der Waals surface area contributed by atoms with Crippen LogP contribution in [0.3, 0.4) is 0 Å². The minimum absolute atomic E-state index is 0.115. The molecule has 2 heterocycles. The highest BCUT2D eigenvalue weighted by atomic mass is 32.1. The number of aromatic nitrogens is 2. The number of carbonyl (C=O) groups is 2. The van der Waals surface area contributed by atoms with Crippen molar-refractivity contribution in [3.8, 4) is 0 Å². The molecule has 0 radical (unpaired) electrons. The van der Waals surface area contributed by atoms with Crippen LogP contribution < -0.4 is 10.9 Å². The summed E-state index contributed by atoms with van der Waals surface area (Å²) >= 11 is 1.50. The molecular weight excluding hydrogens is 288 g/mol. The standard InChI is InChI=1S/C14H12N4O2S/c19-12(8-11-9-18-6-7-21-14(18)15-11)16-17-13(20)10-4-2-1-3-5-10/h1-7,9H,8H2,(H,16,19)(H,17,20). The number of hydrogen-bond acceptors (Lipinski definition) is 4. The van der Waals surface area contributed by atoms with Crippen molar-refractivity contribution in [3.05, 3.63) is 59.4 Å². The molecule has 0 spiro atoms. The number of hydrogen-bond donors (Lipinski definition) is 2. The van der Waals surface area contributed by atoms with E-state index < -0.39 is 0 Å². The van der Waals surface area contributed by atoms with Gasteiger partial charge in [-0.1, -0.05) is 18.2 Å². The summed E-state index contributed by atoms with van der Waals surface area (Å²) in [4.78, 5) is 28.7. The normalized spacial score (nSPS) is 10.5. The van der Waals surface area contributed by atoms with Crippen LogP contribution in [0.4, 0.5) is 0 Å². The fourth-order valence-electron chi connectivity index (χ4n) is 1.86. The monoisotopic (exact) mass is 300 g/mol. The number of amides is 2. The van der Waals surface area contributed by atoms with E-state index in [1.807, 2.05) is 22.0 Å². The fourth-order valence-corrected chi connectivity index (χ4v) is 2.58. The number of benzene rings is 1. The van der Waals surface area contributed by atoms with E-state index in [9.17, 15) is 9.59 Å². The third-order valence-corrected chi connectivity index (χ3v) is 3.61. The van der Waals surface area contributed by atoms with Crippen molar-refractivity contribution in [1.29, 1.82) is 0 Å². The van der Waals surface area contributed by atoms with Gasteiger partial charge in [0.05, 0.1) is 12.1 Å². The quantitative estimate of drug-likeness (QED) is 0.718. The van der Waals surface area contributed by atoms with Crippen molar-refractivity contribution in [1.82, 2.24) is 20.2 Å². The molecule has 3 aromatic rings. The van der Waals surface area contributed by atoms with Gasteiger partial charge >= 0.3 is 0 Å². The van der Waals surface area contributed by atoms with Crippen LogP contribution in [-0.2, 0) is 11.2 Å². The van der Waals surface area contributed by atoms with Crippen LogP contribution in [0.1, 0.15) is 16.1 Å². The lowest BCUT2D eigenvalue weighted by Crippen LogP contribution is -2.42. The molecule has 6 nitrogen and oxygen atoms in total. The molecule has 0 atom stereocenters. The Labute approximate surface area is 124 Å². The lowest BCUT2D eigenvalue weighted by atomic mass is 10.2. The molecule has 0 aliphatic heterocycles. The zero-order chi connectivity index (χ0) is 14.7. The van der Waals surface area contributed by atoms with Gasteiger partial charge in [-0.2, -0.15) is 0 Å². The third kappa shape index (κ3) is 3.09. The molecule has 21 heavy (non-hydrogen) atoms. The summed E-state index contributed by atoms with van der Waals surface area (Å²) in [5.74, 6) is -0.667. The van der Waals surface area contributed by atoms with Crippen LogP contribution in [0.15, 0.2) is 48.1 Å². The highest BCUT2D eigenvalue weighted by molar-refractivity contribution is 7.15. The molecule has 0 bridgehead atoms. The Kier molecular flexibility index (Phi) is 3.65. The number of fused-ring (bicyclic) bond motifs is 1. The molecule has 2 N–H and O–H groups in total. The van der Waals surface area contributed by atoms with Crippen molar-refractivity contribution in [3.63, 3.8) is 0 Å².